The highest BCUT2D eigenvalue weighted by Gasteiger charge is 2.17. The van der Waals surface area contributed by atoms with E-state index in [1.807, 2.05) is 44.2 Å². The van der Waals surface area contributed by atoms with Crippen LogP contribution in [0.2, 0.25) is 0 Å². The molecule has 0 radical (unpaired) electrons. The van der Waals surface area contributed by atoms with Gasteiger partial charge in [-0.15, -0.1) is 0 Å². The fourth-order valence-electron chi connectivity index (χ4n) is 1.83. The van der Waals surface area contributed by atoms with E-state index in [-0.39, 0.29) is 23.7 Å². The van der Waals surface area contributed by atoms with E-state index in [1.165, 1.54) is 6.26 Å². The van der Waals surface area contributed by atoms with Crippen molar-refractivity contribution < 1.29 is 9.21 Å². The van der Waals surface area contributed by atoms with Crippen LogP contribution in [0.15, 0.2) is 41.0 Å². The second-order valence-electron chi connectivity index (χ2n) is 4.69. The van der Waals surface area contributed by atoms with Crippen molar-refractivity contribution in [2.24, 2.45) is 5.73 Å². The zero-order valence-electron chi connectivity index (χ0n) is 11.7. The van der Waals surface area contributed by atoms with Crippen molar-refractivity contribution in [2.45, 2.75) is 32.4 Å². The van der Waals surface area contributed by atoms with E-state index in [1.54, 1.807) is 0 Å². The van der Waals surface area contributed by atoms with Gasteiger partial charge in [0.05, 0.1) is 12.1 Å². The molecule has 0 saturated carbocycles. The number of amides is 1. The molecule has 1 aromatic heterocycles. The molecule has 0 aliphatic heterocycles. The fourth-order valence-corrected chi connectivity index (χ4v) is 1.83. The van der Waals surface area contributed by atoms with Gasteiger partial charge < -0.3 is 15.5 Å². The Bertz CT molecular complexity index is 566. The number of carbonyl (C=O) groups excluding carboxylic acids is 1. The minimum atomic E-state index is -0.275. The summed E-state index contributed by atoms with van der Waals surface area (Å²) in [6.45, 7) is 3.86. The third kappa shape index (κ3) is 3.24. The maximum atomic E-state index is 12.1. The van der Waals surface area contributed by atoms with Gasteiger partial charge in [0.1, 0.15) is 6.26 Å². The lowest BCUT2D eigenvalue weighted by Gasteiger charge is -2.12. The second kappa shape index (κ2) is 6.34. The molecule has 5 nitrogen and oxygen atoms in total. The predicted octanol–water partition coefficient (Wildman–Crippen LogP) is 2.58. The summed E-state index contributed by atoms with van der Waals surface area (Å²) >= 11 is 0. The summed E-state index contributed by atoms with van der Waals surface area (Å²) < 4.78 is 5.23. The standard InChI is InChI=1S/C15H19N3O2/c1-3-12(16)15-18-13(9-20-15)14(19)17-10(2)11-7-5-4-6-8-11/h4-10,12H,3,16H2,1-2H3,(H,17,19). The van der Waals surface area contributed by atoms with Gasteiger partial charge in [-0.25, -0.2) is 4.98 Å². The fraction of sp³-hybridized carbons (Fsp3) is 0.333. The van der Waals surface area contributed by atoms with Crippen molar-refractivity contribution in [3.8, 4) is 0 Å². The zero-order chi connectivity index (χ0) is 14.5. The summed E-state index contributed by atoms with van der Waals surface area (Å²) in [7, 11) is 0. The first-order valence-corrected chi connectivity index (χ1v) is 6.68. The smallest absolute Gasteiger partial charge is 0.273 e. The molecule has 2 unspecified atom stereocenters. The number of nitrogens with one attached hydrogen (secondary N) is 1. The number of aromatic nitrogens is 1. The summed E-state index contributed by atoms with van der Waals surface area (Å²) in [5, 5.41) is 2.88. The van der Waals surface area contributed by atoms with Crippen LogP contribution in [0.3, 0.4) is 0 Å². The number of nitrogens with two attached hydrogens (primary N) is 1. The number of benzene rings is 1. The Kier molecular flexibility index (Phi) is 4.53. The number of nitrogens with zero attached hydrogens (tertiary/aromatic N) is 1. The van der Waals surface area contributed by atoms with Gasteiger partial charge in [0.25, 0.3) is 5.91 Å². The molecule has 5 heteroatoms. The number of hydrogen-bond donors (Lipinski definition) is 2. The Labute approximate surface area is 118 Å². The van der Waals surface area contributed by atoms with Crippen molar-refractivity contribution in [1.29, 1.82) is 0 Å². The van der Waals surface area contributed by atoms with Crippen molar-refractivity contribution in [3.05, 3.63) is 53.7 Å². The van der Waals surface area contributed by atoms with Crippen LogP contribution in [0.5, 0.6) is 0 Å². The Morgan fingerprint density at radius 2 is 2.10 bits per heavy atom. The highest BCUT2D eigenvalue weighted by Crippen LogP contribution is 2.15. The summed E-state index contributed by atoms with van der Waals surface area (Å²) in [4.78, 5) is 16.2. The first-order chi connectivity index (χ1) is 9.61. The van der Waals surface area contributed by atoms with Gasteiger partial charge in [-0.1, -0.05) is 37.3 Å². The van der Waals surface area contributed by atoms with Gasteiger partial charge in [0, 0.05) is 0 Å². The van der Waals surface area contributed by atoms with E-state index in [0.717, 1.165) is 5.56 Å². The van der Waals surface area contributed by atoms with Crippen molar-refractivity contribution in [3.63, 3.8) is 0 Å². The Hall–Kier alpha value is -2.14. The second-order valence-corrected chi connectivity index (χ2v) is 4.69. The van der Waals surface area contributed by atoms with E-state index >= 15 is 0 Å². The Morgan fingerprint density at radius 3 is 2.75 bits per heavy atom. The summed E-state index contributed by atoms with van der Waals surface area (Å²) in [6.07, 6.45) is 2.06. The summed E-state index contributed by atoms with van der Waals surface area (Å²) in [5.74, 6) is 0.129. The van der Waals surface area contributed by atoms with Crippen molar-refractivity contribution >= 4 is 5.91 Å². The van der Waals surface area contributed by atoms with Gasteiger partial charge in [-0.2, -0.15) is 0 Å². The molecule has 3 N–H and O–H groups in total. The first-order valence-electron chi connectivity index (χ1n) is 6.68. The third-order valence-corrected chi connectivity index (χ3v) is 3.16. The van der Waals surface area contributed by atoms with Crippen LogP contribution in [-0.2, 0) is 0 Å². The van der Waals surface area contributed by atoms with Crippen molar-refractivity contribution in [1.82, 2.24) is 10.3 Å². The van der Waals surface area contributed by atoms with Crippen LogP contribution in [0.1, 0.15) is 54.3 Å². The maximum Gasteiger partial charge on any atom is 0.273 e. The van der Waals surface area contributed by atoms with Gasteiger partial charge in [0.15, 0.2) is 5.69 Å². The largest absolute Gasteiger partial charge is 0.446 e. The molecule has 0 saturated heterocycles. The Morgan fingerprint density at radius 1 is 1.40 bits per heavy atom. The molecule has 0 aliphatic rings. The maximum absolute atomic E-state index is 12.1. The molecule has 1 heterocycles. The first kappa shape index (κ1) is 14.3. The number of oxazole rings is 1. The van der Waals surface area contributed by atoms with E-state index in [0.29, 0.717) is 12.3 Å². The molecule has 1 aromatic carbocycles. The van der Waals surface area contributed by atoms with E-state index in [4.69, 9.17) is 10.2 Å². The average Bonchev–Trinajstić information content (AvgIpc) is 2.97. The quantitative estimate of drug-likeness (QED) is 0.877. The molecular formula is C15H19N3O2. The average molecular weight is 273 g/mol. The normalized spacial score (nSPS) is 13.8. The number of carbonyl (C=O) groups is 1. The van der Waals surface area contributed by atoms with Crippen LogP contribution in [-0.4, -0.2) is 10.9 Å². The lowest BCUT2D eigenvalue weighted by Crippen LogP contribution is -2.27. The lowest BCUT2D eigenvalue weighted by molar-refractivity contribution is 0.0935. The van der Waals surface area contributed by atoms with Gasteiger partial charge in [-0.3, -0.25) is 4.79 Å². The molecule has 106 valence electrons. The molecule has 0 spiro atoms. The third-order valence-electron chi connectivity index (χ3n) is 3.16. The van der Waals surface area contributed by atoms with Gasteiger partial charge in [-0.05, 0) is 18.9 Å². The minimum absolute atomic E-state index is 0.0938. The highest BCUT2D eigenvalue weighted by atomic mass is 16.3. The molecule has 2 atom stereocenters. The number of rotatable bonds is 5. The molecule has 0 bridgehead atoms. The lowest BCUT2D eigenvalue weighted by atomic mass is 10.1. The topological polar surface area (TPSA) is 81.1 Å². The molecule has 20 heavy (non-hydrogen) atoms. The zero-order valence-corrected chi connectivity index (χ0v) is 11.7. The summed E-state index contributed by atoms with van der Waals surface area (Å²) in [6, 6.07) is 9.37. The number of hydrogen-bond acceptors (Lipinski definition) is 4. The highest BCUT2D eigenvalue weighted by molar-refractivity contribution is 5.92. The van der Waals surface area contributed by atoms with Crippen LogP contribution < -0.4 is 11.1 Å². The molecule has 2 rings (SSSR count). The SMILES string of the molecule is CCC(N)c1nc(C(=O)NC(C)c2ccccc2)co1. The van der Waals surface area contributed by atoms with E-state index < -0.39 is 0 Å². The molecule has 2 aromatic rings. The van der Waals surface area contributed by atoms with Crippen LogP contribution >= 0.6 is 0 Å². The van der Waals surface area contributed by atoms with Gasteiger partial charge in [0.2, 0.25) is 5.89 Å². The monoisotopic (exact) mass is 273 g/mol. The molecule has 0 fully saturated rings. The Balaban J connectivity index is 2.03. The van der Waals surface area contributed by atoms with Crippen LogP contribution in [0, 0.1) is 0 Å². The van der Waals surface area contributed by atoms with Crippen LogP contribution in [0.4, 0.5) is 0 Å². The predicted molar refractivity (Wildman–Crippen MR) is 76.0 cm³/mol. The molecule has 1 amide bonds. The van der Waals surface area contributed by atoms with Gasteiger partial charge >= 0.3 is 0 Å². The molecular weight excluding hydrogens is 254 g/mol. The van der Waals surface area contributed by atoms with E-state index in [9.17, 15) is 4.79 Å². The minimum Gasteiger partial charge on any atom is -0.446 e. The van der Waals surface area contributed by atoms with Crippen molar-refractivity contribution in [2.75, 3.05) is 0 Å². The summed E-state index contributed by atoms with van der Waals surface area (Å²) in [5.41, 5.74) is 7.11. The molecule has 0 aliphatic carbocycles. The van der Waals surface area contributed by atoms with E-state index in [2.05, 4.69) is 10.3 Å². The van der Waals surface area contributed by atoms with Crippen LogP contribution in [0.25, 0.3) is 0 Å².